The topological polar surface area (TPSA) is 60.0 Å². The molecule has 6 nitrogen and oxygen atoms in total. The first kappa shape index (κ1) is 22.5. The third-order valence-corrected chi connectivity index (χ3v) is 4.79. The van der Waals surface area contributed by atoms with Crippen molar-refractivity contribution in [1.29, 1.82) is 0 Å². The molecule has 7 heteroatoms. The second-order valence-corrected chi connectivity index (χ2v) is 6.78. The van der Waals surface area contributed by atoms with Crippen LogP contribution in [0.25, 0.3) is 0 Å². The summed E-state index contributed by atoms with van der Waals surface area (Å²) in [4.78, 5) is 20.7. The Hall–Kier alpha value is -0.570. The van der Waals surface area contributed by atoms with Crippen LogP contribution in [0.2, 0.25) is 0 Å². The lowest BCUT2D eigenvalue weighted by Crippen LogP contribution is -2.42. The van der Waals surface area contributed by atoms with Gasteiger partial charge in [-0.15, -0.1) is 24.0 Å². The van der Waals surface area contributed by atoms with Gasteiger partial charge >= 0.3 is 0 Å². The molecule has 2 aliphatic rings. The van der Waals surface area contributed by atoms with Crippen molar-refractivity contribution in [3.8, 4) is 0 Å². The van der Waals surface area contributed by atoms with Crippen LogP contribution >= 0.6 is 24.0 Å². The molecule has 2 rings (SSSR count). The maximum atomic E-state index is 11.6. The molecule has 0 aromatic heterocycles. The van der Waals surface area contributed by atoms with Gasteiger partial charge in [-0.1, -0.05) is 12.8 Å². The predicted octanol–water partition coefficient (Wildman–Crippen LogP) is 2.05. The zero-order chi connectivity index (χ0) is 17.0. The first-order valence-electron chi connectivity index (χ1n) is 9.82. The monoisotopic (exact) mass is 465 g/mol. The minimum absolute atomic E-state index is 0. The van der Waals surface area contributed by atoms with Gasteiger partial charge in [0, 0.05) is 45.7 Å². The highest BCUT2D eigenvalue weighted by Gasteiger charge is 2.18. The van der Waals surface area contributed by atoms with Crippen LogP contribution in [0, 0.1) is 0 Å². The smallest absolute Gasteiger partial charge is 0.222 e. The number of carbonyl (C=O) groups excluding carboxylic acids is 1. The molecule has 2 heterocycles. The van der Waals surface area contributed by atoms with Gasteiger partial charge in [-0.3, -0.25) is 9.79 Å². The summed E-state index contributed by atoms with van der Waals surface area (Å²) in [5.74, 6) is 1.21. The van der Waals surface area contributed by atoms with Gasteiger partial charge in [0.05, 0.1) is 0 Å². The average Bonchev–Trinajstić information content (AvgIpc) is 2.83. The van der Waals surface area contributed by atoms with Crippen molar-refractivity contribution in [3.05, 3.63) is 0 Å². The van der Waals surface area contributed by atoms with Gasteiger partial charge in [-0.25, -0.2) is 0 Å². The summed E-state index contributed by atoms with van der Waals surface area (Å²) in [5.41, 5.74) is 0. The molecule has 2 fully saturated rings. The van der Waals surface area contributed by atoms with E-state index in [9.17, 15) is 4.79 Å². The zero-order valence-electron chi connectivity index (χ0n) is 15.8. The molecule has 25 heavy (non-hydrogen) atoms. The number of guanidine groups is 1. The number of carbonyl (C=O) groups is 1. The highest BCUT2D eigenvalue weighted by molar-refractivity contribution is 14.0. The minimum Gasteiger partial charge on any atom is -0.357 e. The largest absolute Gasteiger partial charge is 0.357 e. The van der Waals surface area contributed by atoms with Gasteiger partial charge < -0.3 is 20.4 Å². The molecular weight excluding hydrogens is 429 g/mol. The number of nitrogens with zero attached hydrogens (tertiary/aromatic N) is 3. The van der Waals surface area contributed by atoms with E-state index in [4.69, 9.17) is 0 Å². The van der Waals surface area contributed by atoms with E-state index in [-0.39, 0.29) is 24.0 Å². The molecule has 0 aromatic rings. The van der Waals surface area contributed by atoms with E-state index in [1.807, 2.05) is 4.90 Å². The summed E-state index contributed by atoms with van der Waals surface area (Å²) in [5, 5.41) is 6.75. The Bertz CT molecular complexity index is 397. The molecule has 0 unspecified atom stereocenters. The summed E-state index contributed by atoms with van der Waals surface area (Å²) < 4.78 is 0. The molecular formula is C18H36IN5O. The summed E-state index contributed by atoms with van der Waals surface area (Å²) in [6.07, 6.45) is 8.12. The predicted molar refractivity (Wildman–Crippen MR) is 115 cm³/mol. The maximum Gasteiger partial charge on any atom is 0.222 e. The lowest BCUT2D eigenvalue weighted by atomic mass is 10.2. The van der Waals surface area contributed by atoms with Crippen LogP contribution in [-0.2, 0) is 4.79 Å². The number of halogens is 1. The van der Waals surface area contributed by atoms with E-state index in [1.165, 1.54) is 38.8 Å². The Kier molecular flexibility index (Phi) is 12.2. The Morgan fingerprint density at radius 2 is 1.80 bits per heavy atom. The van der Waals surface area contributed by atoms with Crippen molar-refractivity contribution in [3.63, 3.8) is 0 Å². The van der Waals surface area contributed by atoms with Crippen LogP contribution in [0.15, 0.2) is 4.99 Å². The fourth-order valence-corrected chi connectivity index (χ4v) is 3.43. The van der Waals surface area contributed by atoms with Gasteiger partial charge in [-0.2, -0.15) is 0 Å². The molecule has 0 spiro atoms. The maximum absolute atomic E-state index is 11.6. The molecule has 2 saturated heterocycles. The highest BCUT2D eigenvalue weighted by atomic mass is 127. The summed E-state index contributed by atoms with van der Waals surface area (Å²) in [6.45, 7) is 10.0. The molecule has 0 atom stereocenters. The molecule has 2 N–H and O–H groups in total. The lowest BCUT2D eigenvalue weighted by Gasteiger charge is -2.20. The van der Waals surface area contributed by atoms with Crippen LogP contribution in [0.5, 0.6) is 0 Å². The van der Waals surface area contributed by atoms with E-state index in [2.05, 4.69) is 27.4 Å². The van der Waals surface area contributed by atoms with Gasteiger partial charge in [-0.05, 0) is 45.7 Å². The van der Waals surface area contributed by atoms with Crippen molar-refractivity contribution in [2.45, 2.75) is 51.9 Å². The van der Waals surface area contributed by atoms with Crippen molar-refractivity contribution >= 4 is 35.8 Å². The number of hydrogen-bond acceptors (Lipinski definition) is 3. The van der Waals surface area contributed by atoms with Crippen LogP contribution in [0.3, 0.4) is 0 Å². The van der Waals surface area contributed by atoms with Crippen LogP contribution in [0.1, 0.15) is 51.9 Å². The SMILES string of the molecule is CCNC(=NCCCN1CCCC1=O)NCCN1CCCCCC1.I. The number of hydrogen-bond donors (Lipinski definition) is 2. The minimum atomic E-state index is 0. The molecule has 0 bridgehead atoms. The van der Waals surface area contributed by atoms with E-state index < -0.39 is 0 Å². The van der Waals surface area contributed by atoms with Crippen LogP contribution < -0.4 is 10.6 Å². The molecule has 146 valence electrons. The van der Waals surface area contributed by atoms with E-state index in [0.717, 1.165) is 64.5 Å². The van der Waals surface area contributed by atoms with E-state index >= 15 is 0 Å². The number of rotatable bonds is 8. The molecule has 1 amide bonds. The van der Waals surface area contributed by atoms with Gasteiger partial charge in [0.1, 0.15) is 0 Å². The molecule has 0 radical (unpaired) electrons. The van der Waals surface area contributed by atoms with Gasteiger partial charge in [0.15, 0.2) is 5.96 Å². The Labute approximate surface area is 170 Å². The number of amides is 1. The fourth-order valence-electron chi connectivity index (χ4n) is 3.43. The van der Waals surface area contributed by atoms with Crippen molar-refractivity contribution in [1.82, 2.24) is 20.4 Å². The second-order valence-electron chi connectivity index (χ2n) is 6.78. The van der Waals surface area contributed by atoms with Crippen LogP contribution in [0.4, 0.5) is 0 Å². The van der Waals surface area contributed by atoms with Crippen molar-refractivity contribution in [2.75, 3.05) is 52.4 Å². The zero-order valence-corrected chi connectivity index (χ0v) is 18.1. The molecule has 0 saturated carbocycles. The number of nitrogens with one attached hydrogen (secondary N) is 2. The quantitative estimate of drug-likeness (QED) is 0.249. The first-order chi connectivity index (χ1) is 11.8. The second kappa shape index (κ2) is 13.6. The Morgan fingerprint density at radius 3 is 2.44 bits per heavy atom. The van der Waals surface area contributed by atoms with Crippen LogP contribution in [-0.4, -0.2) is 74.0 Å². The number of aliphatic imine (C=N–C) groups is 1. The number of likely N-dealkylation sites (tertiary alicyclic amines) is 2. The summed E-state index contributed by atoms with van der Waals surface area (Å²) >= 11 is 0. The van der Waals surface area contributed by atoms with Gasteiger partial charge in [0.2, 0.25) is 5.91 Å². The summed E-state index contributed by atoms with van der Waals surface area (Å²) in [6, 6.07) is 0. The van der Waals surface area contributed by atoms with E-state index in [1.54, 1.807) is 0 Å². The van der Waals surface area contributed by atoms with Crippen molar-refractivity contribution in [2.24, 2.45) is 4.99 Å². The molecule has 2 aliphatic heterocycles. The third kappa shape index (κ3) is 9.08. The Morgan fingerprint density at radius 1 is 1.04 bits per heavy atom. The molecule has 0 aliphatic carbocycles. The fraction of sp³-hybridized carbons (Fsp3) is 0.889. The normalized spacial score (nSPS) is 19.5. The average molecular weight is 465 g/mol. The molecule has 0 aromatic carbocycles. The summed E-state index contributed by atoms with van der Waals surface area (Å²) in [7, 11) is 0. The van der Waals surface area contributed by atoms with Crippen molar-refractivity contribution < 1.29 is 4.79 Å². The third-order valence-electron chi connectivity index (χ3n) is 4.79. The first-order valence-corrected chi connectivity index (χ1v) is 9.82. The van der Waals surface area contributed by atoms with Gasteiger partial charge in [0.25, 0.3) is 0 Å². The highest BCUT2D eigenvalue weighted by Crippen LogP contribution is 2.10. The van der Waals surface area contributed by atoms with E-state index in [0.29, 0.717) is 5.91 Å². The Balaban J connectivity index is 0.00000312. The lowest BCUT2D eigenvalue weighted by molar-refractivity contribution is -0.127. The standard InChI is InChI=1S/C18H35N5O.HI/c1-2-19-18(20-10-8-15-23-14-7-9-17(23)24)21-11-16-22-12-5-3-4-6-13-22;/h2-16H2,1H3,(H2,19,20,21);1H.